The van der Waals surface area contributed by atoms with Gasteiger partial charge in [-0.1, -0.05) is 231 Å². The normalized spacial score (nSPS) is 12.4. The first-order chi connectivity index (χ1) is 37.2. The molecule has 0 unspecified atom stereocenters. The average Bonchev–Trinajstić information content (AvgIpc) is 4.00. The van der Waals surface area contributed by atoms with Crippen LogP contribution in [-0.4, -0.2) is 0 Å². The third kappa shape index (κ3) is 7.49. The number of hydrogen-bond donors (Lipinski definition) is 0. The van der Waals surface area contributed by atoms with Gasteiger partial charge in [0.1, 0.15) is 0 Å². The van der Waals surface area contributed by atoms with Crippen molar-refractivity contribution in [3.05, 3.63) is 326 Å². The molecule has 0 atom stereocenters. The van der Waals surface area contributed by atoms with Gasteiger partial charge in [0.15, 0.2) is 0 Å². The van der Waals surface area contributed by atoms with Gasteiger partial charge in [0.25, 0.3) is 0 Å². The number of rotatable bonds is 10. The van der Waals surface area contributed by atoms with E-state index in [-0.39, 0.29) is 0 Å². The molecular formula is C73H50N2. The number of benzene rings is 12. The van der Waals surface area contributed by atoms with E-state index in [1.165, 1.54) is 89.0 Å². The van der Waals surface area contributed by atoms with Crippen LogP contribution >= 0.6 is 0 Å². The first-order valence-electron chi connectivity index (χ1n) is 25.9. The Labute approximate surface area is 439 Å². The van der Waals surface area contributed by atoms with Crippen molar-refractivity contribution in [2.24, 2.45) is 0 Å². The molecule has 0 fully saturated rings. The highest BCUT2D eigenvalue weighted by molar-refractivity contribution is 5.98. The maximum atomic E-state index is 2.45. The quantitative estimate of drug-likeness (QED) is 0.135. The van der Waals surface area contributed by atoms with E-state index in [1.807, 2.05) is 0 Å². The molecule has 14 rings (SSSR count). The molecule has 2 aliphatic rings. The van der Waals surface area contributed by atoms with Crippen molar-refractivity contribution in [3.8, 4) is 66.8 Å². The molecule has 2 aliphatic carbocycles. The van der Waals surface area contributed by atoms with Crippen LogP contribution in [0.25, 0.3) is 66.8 Å². The molecular weight excluding hydrogens is 905 g/mol. The second-order valence-corrected chi connectivity index (χ2v) is 19.6. The zero-order valence-electron chi connectivity index (χ0n) is 41.3. The second-order valence-electron chi connectivity index (χ2n) is 19.6. The van der Waals surface area contributed by atoms with E-state index in [1.54, 1.807) is 0 Å². The van der Waals surface area contributed by atoms with Gasteiger partial charge < -0.3 is 9.80 Å². The molecule has 352 valence electrons. The minimum absolute atomic E-state index is 0.536. The topological polar surface area (TPSA) is 6.48 Å². The predicted molar refractivity (Wildman–Crippen MR) is 314 cm³/mol. The molecule has 0 aliphatic heterocycles. The van der Waals surface area contributed by atoms with Crippen LogP contribution in [0.4, 0.5) is 34.1 Å². The number of nitrogens with zero attached hydrogens (tertiary/aromatic N) is 2. The van der Waals surface area contributed by atoms with Gasteiger partial charge in [-0.3, -0.25) is 0 Å². The van der Waals surface area contributed by atoms with Crippen molar-refractivity contribution in [2.75, 3.05) is 9.80 Å². The second kappa shape index (κ2) is 18.4. The zero-order chi connectivity index (χ0) is 49.7. The summed E-state index contributed by atoms with van der Waals surface area (Å²) in [4.78, 5) is 4.87. The van der Waals surface area contributed by atoms with Crippen molar-refractivity contribution < 1.29 is 0 Å². The summed E-state index contributed by atoms with van der Waals surface area (Å²) in [6.07, 6.45) is 0. The number of anilines is 6. The molecule has 0 saturated heterocycles. The SMILES string of the molecule is c1ccc(-c2cccc(N(c3cccc(-c4ccccc4)c3)c3ccc4c(c3)-c3ccccc3C43c4ccccc4-c4cc(N(c5cccc(-c6ccccc6)c5)c5cccc(-c6ccccc6)c5)ccc43)c2)cc1. The lowest BCUT2D eigenvalue weighted by molar-refractivity contribution is 0.793. The zero-order valence-corrected chi connectivity index (χ0v) is 41.3. The van der Waals surface area contributed by atoms with Gasteiger partial charge >= 0.3 is 0 Å². The molecule has 0 N–H and O–H groups in total. The van der Waals surface area contributed by atoms with E-state index in [9.17, 15) is 0 Å². The lowest BCUT2D eigenvalue weighted by Crippen LogP contribution is -2.26. The van der Waals surface area contributed by atoms with E-state index < -0.39 is 5.41 Å². The van der Waals surface area contributed by atoms with Crippen LogP contribution in [0.1, 0.15) is 22.3 Å². The molecule has 75 heavy (non-hydrogen) atoms. The molecule has 12 aromatic carbocycles. The average molecular weight is 955 g/mol. The van der Waals surface area contributed by atoms with Gasteiger partial charge in [-0.2, -0.15) is 0 Å². The third-order valence-electron chi connectivity index (χ3n) is 15.4. The fourth-order valence-corrected chi connectivity index (χ4v) is 12.1. The monoisotopic (exact) mass is 954 g/mol. The summed E-state index contributed by atoms with van der Waals surface area (Å²) < 4.78 is 0. The first kappa shape index (κ1) is 44.0. The minimum atomic E-state index is -0.536. The van der Waals surface area contributed by atoms with Crippen molar-refractivity contribution in [2.45, 2.75) is 5.41 Å². The molecule has 2 heteroatoms. The fourth-order valence-electron chi connectivity index (χ4n) is 12.1. The Kier molecular flexibility index (Phi) is 10.8. The summed E-state index contributed by atoms with van der Waals surface area (Å²) in [6.45, 7) is 0. The van der Waals surface area contributed by atoms with E-state index in [4.69, 9.17) is 0 Å². The molecule has 0 amide bonds. The minimum Gasteiger partial charge on any atom is -0.310 e. The molecule has 0 saturated carbocycles. The van der Waals surface area contributed by atoms with Gasteiger partial charge in [-0.25, -0.2) is 0 Å². The van der Waals surface area contributed by atoms with Gasteiger partial charge in [0, 0.05) is 34.1 Å². The lowest BCUT2D eigenvalue weighted by atomic mass is 9.70. The van der Waals surface area contributed by atoms with Crippen LogP contribution in [0.2, 0.25) is 0 Å². The summed E-state index contributed by atoms with van der Waals surface area (Å²) in [6, 6.07) is 111. The molecule has 0 bridgehead atoms. The van der Waals surface area contributed by atoms with Crippen molar-refractivity contribution in [3.63, 3.8) is 0 Å². The van der Waals surface area contributed by atoms with Crippen molar-refractivity contribution in [1.29, 1.82) is 0 Å². The smallest absolute Gasteiger partial charge is 0.0725 e. The highest BCUT2D eigenvalue weighted by Crippen LogP contribution is 2.64. The van der Waals surface area contributed by atoms with Crippen molar-refractivity contribution in [1.82, 2.24) is 0 Å². The Morgan fingerprint density at radius 2 is 0.427 bits per heavy atom. The van der Waals surface area contributed by atoms with Gasteiger partial charge in [-0.15, -0.1) is 0 Å². The summed E-state index contributed by atoms with van der Waals surface area (Å²) in [5.41, 5.74) is 25.7. The van der Waals surface area contributed by atoms with Crippen LogP contribution in [-0.2, 0) is 5.41 Å². The van der Waals surface area contributed by atoms with E-state index in [2.05, 4.69) is 313 Å². The molecule has 0 radical (unpaired) electrons. The lowest BCUT2D eigenvalue weighted by Gasteiger charge is -2.32. The predicted octanol–water partition coefficient (Wildman–Crippen LogP) is 19.6. The maximum absolute atomic E-state index is 2.45. The fraction of sp³-hybridized carbons (Fsp3) is 0.0137. The molecule has 0 aromatic heterocycles. The highest BCUT2D eigenvalue weighted by atomic mass is 15.1. The first-order valence-corrected chi connectivity index (χ1v) is 25.9. The standard InChI is InChI=1S/C73H50N2/c1-5-21-51(22-6-1)55-29-17-33-59(45-55)74(60-34-18-30-56(46-60)52-23-7-2-8-24-52)63-41-43-71-67(49-63)65-37-13-15-39-69(65)73(71)70-40-16-14-38-66(70)68-50-64(42-44-72(68)73)75(61-35-19-31-57(47-61)53-25-9-3-10-26-53)62-36-20-32-58(48-62)54-27-11-4-12-28-54/h1-50H. The van der Waals surface area contributed by atoms with Crippen LogP contribution in [0, 0.1) is 0 Å². The Balaban J connectivity index is 0.947. The summed E-state index contributed by atoms with van der Waals surface area (Å²) in [5.74, 6) is 0. The third-order valence-corrected chi connectivity index (χ3v) is 15.4. The van der Waals surface area contributed by atoms with Crippen molar-refractivity contribution >= 4 is 34.1 Å². The van der Waals surface area contributed by atoms with Crippen LogP contribution in [0.15, 0.2) is 303 Å². The summed E-state index contributed by atoms with van der Waals surface area (Å²) in [5, 5.41) is 0. The Morgan fingerprint density at radius 3 is 0.747 bits per heavy atom. The molecule has 2 nitrogen and oxygen atoms in total. The van der Waals surface area contributed by atoms with Crippen LogP contribution in [0.3, 0.4) is 0 Å². The Hall–Kier alpha value is -9.76. The Bertz CT molecular complexity index is 3640. The molecule has 1 spiro atoms. The van der Waals surface area contributed by atoms with Crippen LogP contribution in [0.5, 0.6) is 0 Å². The molecule has 12 aromatic rings. The number of hydrogen-bond acceptors (Lipinski definition) is 2. The van der Waals surface area contributed by atoms with Gasteiger partial charge in [-0.05, 0) is 162 Å². The largest absolute Gasteiger partial charge is 0.310 e. The van der Waals surface area contributed by atoms with E-state index >= 15 is 0 Å². The highest BCUT2D eigenvalue weighted by Gasteiger charge is 2.52. The summed E-state index contributed by atoms with van der Waals surface area (Å²) >= 11 is 0. The van der Waals surface area contributed by atoms with Gasteiger partial charge in [0.05, 0.1) is 5.41 Å². The van der Waals surface area contributed by atoms with Crippen LogP contribution < -0.4 is 9.80 Å². The van der Waals surface area contributed by atoms with Gasteiger partial charge in [0.2, 0.25) is 0 Å². The summed E-state index contributed by atoms with van der Waals surface area (Å²) in [7, 11) is 0. The molecule has 0 heterocycles. The maximum Gasteiger partial charge on any atom is 0.0725 e. The van der Waals surface area contributed by atoms with E-state index in [0.29, 0.717) is 0 Å². The Morgan fingerprint density at radius 1 is 0.173 bits per heavy atom. The van der Waals surface area contributed by atoms with E-state index in [0.717, 1.165) is 34.1 Å². The number of fused-ring (bicyclic) bond motifs is 10.